The summed E-state index contributed by atoms with van der Waals surface area (Å²) in [7, 11) is 0. The third-order valence-electron chi connectivity index (χ3n) is 9.97. The molecule has 246 valence electrons. The maximum atomic E-state index is 6.49. The Morgan fingerprint density at radius 3 is 2.04 bits per heavy atom. The average molecular weight is 670 g/mol. The molecule has 0 radical (unpaired) electrons. The van der Waals surface area contributed by atoms with Gasteiger partial charge in [0.25, 0.3) is 0 Å². The van der Waals surface area contributed by atoms with Crippen LogP contribution in [0, 0.1) is 6.92 Å². The number of benzene rings is 6. The summed E-state index contributed by atoms with van der Waals surface area (Å²) >= 11 is 0. The highest BCUT2D eigenvalue weighted by Gasteiger charge is 2.23. The molecule has 6 nitrogen and oxygen atoms in total. The summed E-state index contributed by atoms with van der Waals surface area (Å²) in [5.41, 5.74) is 8.91. The van der Waals surface area contributed by atoms with Crippen molar-refractivity contribution in [1.82, 2.24) is 24.1 Å². The van der Waals surface area contributed by atoms with E-state index in [-0.39, 0.29) is 0 Å². The van der Waals surface area contributed by atoms with Crippen LogP contribution in [-0.2, 0) is 0 Å². The molecule has 0 aliphatic rings. The van der Waals surface area contributed by atoms with E-state index < -0.39 is 0 Å². The number of hydrogen-bond acceptors (Lipinski definition) is 4. The molecule has 4 heterocycles. The van der Waals surface area contributed by atoms with Gasteiger partial charge in [0.2, 0.25) is 5.95 Å². The Morgan fingerprint density at radius 1 is 0.577 bits per heavy atom. The second kappa shape index (κ2) is 11.8. The van der Waals surface area contributed by atoms with E-state index in [9.17, 15) is 0 Å². The monoisotopic (exact) mass is 669 g/mol. The predicted molar refractivity (Wildman–Crippen MR) is 213 cm³/mol. The molecule has 0 bridgehead atoms. The van der Waals surface area contributed by atoms with Gasteiger partial charge in [-0.2, -0.15) is 9.97 Å². The number of fused-ring (bicyclic) bond motifs is 8. The van der Waals surface area contributed by atoms with Crippen molar-refractivity contribution in [2.24, 2.45) is 0 Å². The molecule has 10 aromatic rings. The Balaban J connectivity index is 1.31. The fourth-order valence-electron chi connectivity index (χ4n) is 7.62. The van der Waals surface area contributed by atoms with Crippen LogP contribution in [-0.4, -0.2) is 24.1 Å². The van der Waals surface area contributed by atoms with Crippen LogP contribution in [0.5, 0.6) is 0 Å². The number of hydrogen-bond donors (Lipinski definition) is 0. The Kier molecular flexibility index (Phi) is 6.76. The summed E-state index contributed by atoms with van der Waals surface area (Å²) in [6.45, 7) is 5.90. The standard InChI is InChI=1S/C46H31N5O/c1-3-4-26-40-29(2)32-22-15-23-36(43(32)52-40)45-47-44(30-16-7-5-8-17-30)48-46(49-45)51-38-25-14-12-21-35(38)41-39(51)28-27-34-33-20-11-13-24-37(33)50(42(34)41)31-18-9-6-10-19-31/h3-28H,1H2,2H3/b26-4-. The number of para-hydroxylation sites is 4. The Morgan fingerprint density at radius 2 is 1.25 bits per heavy atom. The summed E-state index contributed by atoms with van der Waals surface area (Å²) in [5, 5.41) is 5.67. The lowest BCUT2D eigenvalue weighted by Crippen LogP contribution is -2.06. The molecule has 0 N–H and O–H groups in total. The van der Waals surface area contributed by atoms with E-state index in [2.05, 4.69) is 120 Å². The van der Waals surface area contributed by atoms with Gasteiger partial charge in [-0.3, -0.25) is 4.57 Å². The van der Waals surface area contributed by atoms with Gasteiger partial charge in [0.05, 0.1) is 27.6 Å². The van der Waals surface area contributed by atoms with Crippen molar-refractivity contribution < 1.29 is 4.42 Å². The van der Waals surface area contributed by atoms with Crippen LogP contribution in [0.4, 0.5) is 0 Å². The summed E-state index contributed by atoms with van der Waals surface area (Å²) < 4.78 is 11.1. The van der Waals surface area contributed by atoms with Gasteiger partial charge in [0.15, 0.2) is 11.6 Å². The SMILES string of the molecule is C=C/C=C\c1oc2c(-c3nc(-c4ccccc4)nc(-n4c5ccccc5c5c4ccc4c6ccccc6n(-c6ccccc6)c45)n3)cccc2c1C. The van der Waals surface area contributed by atoms with Crippen LogP contribution in [0.1, 0.15) is 11.3 Å². The zero-order chi connectivity index (χ0) is 34.8. The van der Waals surface area contributed by atoms with Crippen molar-refractivity contribution in [3.05, 3.63) is 170 Å². The van der Waals surface area contributed by atoms with Crippen LogP contribution in [0.2, 0.25) is 0 Å². The van der Waals surface area contributed by atoms with Crippen LogP contribution in [0.3, 0.4) is 0 Å². The van der Waals surface area contributed by atoms with Gasteiger partial charge in [-0.25, -0.2) is 4.98 Å². The Hall–Kier alpha value is -7.05. The third-order valence-corrected chi connectivity index (χ3v) is 9.97. The highest BCUT2D eigenvalue weighted by atomic mass is 16.3. The molecule has 4 aromatic heterocycles. The normalized spacial score (nSPS) is 11.9. The molecular weight excluding hydrogens is 639 g/mol. The molecule has 0 aliphatic heterocycles. The van der Waals surface area contributed by atoms with Crippen molar-refractivity contribution in [3.8, 4) is 34.4 Å². The van der Waals surface area contributed by atoms with Gasteiger partial charge < -0.3 is 8.98 Å². The first kappa shape index (κ1) is 29.8. The minimum Gasteiger partial charge on any atom is -0.456 e. The molecule has 6 aromatic carbocycles. The molecule has 0 spiro atoms. The fourth-order valence-corrected chi connectivity index (χ4v) is 7.62. The van der Waals surface area contributed by atoms with E-state index in [0.717, 1.165) is 71.9 Å². The van der Waals surface area contributed by atoms with E-state index in [1.807, 2.05) is 54.6 Å². The summed E-state index contributed by atoms with van der Waals surface area (Å²) in [5.74, 6) is 2.43. The van der Waals surface area contributed by atoms with Crippen LogP contribution in [0.15, 0.2) is 163 Å². The van der Waals surface area contributed by atoms with E-state index in [0.29, 0.717) is 17.6 Å². The van der Waals surface area contributed by atoms with Crippen molar-refractivity contribution in [3.63, 3.8) is 0 Å². The maximum Gasteiger partial charge on any atom is 0.238 e. The smallest absolute Gasteiger partial charge is 0.238 e. The lowest BCUT2D eigenvalue weighted by molar-refractivity contribution is 0.602. The van der Waals surface area contributed by atoms with Crippen LogP contribution < -0.4 is 0 Å². The second-order valence-corrected chi connectivity index (χ2v) is 12.9. The lowest BCUT2D eigenvalue weighted by atomic mass is 10.1. The number of rotatable bonds is 6. The largest absolute Gasteiger partial charge is 0.456 e. The second-order valence-electron chi connectivity index (χ2n) is 12.9. The van der Waals surface area contributed by atoms with Crippen molar-refractivity contribution in [1.29, 1.82) is 0 Å². The summed E-state index contributed by atoms with van der Waals surface area (Å²) in [6.07, 6.45) is 5.57. The number of aryl methyl sites for hydroxylation is 1. The maximum absolute atomic E-state index is 6.49. The molecule has 0 saturated heterocycles. The molecule has 52 heavy (non-hydrogen) atoms. The lowest BCUT2D eigenvalue weighted by Gasteiger charge is -2.11. The molecule has 6 heteroatoms. The first-order valence-corrected chi connectivity index (χ1v) is 17.3. The molecule has 0 atom stereocenters. The molecule has 0 saturated carbocycles. The summed E-state index contributed by atoms with van der Waals surface area (Å²) in [6, 6.07) is 48.4. The first-order valence-electron chi connectivity index (χ1n) is 17.3. The summed E-state index contributed by atoms with van der Waals surface area (Å²) in [4.78, 5) is 15.6. The molecule has 0 amide bonds. The van der Waals surface area contributed by atoms with Gasteiger partial charge in [-0.05, 0) is 49.4 Å². The Bertz CT molecular complexity index is 3040. The van der Waals surface area contributed by atoms with E-state index in [4.69, 9.17) is 19.4 Å². The highest BCUT2D eigenvalue weighted by Crippen LogP contribution is 2.42. The predicted octanol–water partition coefficient (Wildman–Crippen LogP) is 11.7. The van der Waals surface area contributed by atoms with Crippen LogP contribution in [0.25, 0.3) is 95.1 Å². The van der Waals surface area contributed by atoms with Gasteiger partial charge in [-0.15, -0.1) is 0 Å². The molecule has 0 unspecified atom stereocenters. The Labute approximate surface area is 299 Å². The molecule has 0 fully saturated rings. The van der Waals surface area contributed by atoms with Gasteiger partial charge in [0.1, 0.15) is 11.3 Å². The highest BCUT2D eigenvalue weighted by molar-refractivity contribution is 6.26. The van der Waals surface area contributed by atoms with Crippen molar-refractivity contribution in [2.45, 2.75) is 6.92 Å². The third kappa shape index (κ3) is 4.48. The fraction of sp³-hybridized carbons (Fsp3) is 0.0217. The van der Waals surface area contributed by atoms with Gasteiger partial charge in [-0.1, -0.05) is 122 Å². The van der Waals surface area contributed by atoms with Gasteiger partial charge >= 0.3 is 0 Å². The quantitative estimate of drug-likeness (QED) is 0.165. The molecular formula is C46H31N5O. The molecule has 10 rings (SSSR count). The van der Waals surface area contributed by atoms with E-state index in [1.54, 1.807) is 6.08 Å². The molecule has 0 aliphatic carbocycles. The number of furan rings is 1. The number of allylic oxidation sites excluding steroid dienone is 2. The van der Waals surface area contributed by atoms with E-state index >= 15 is 0 Å². The minimum atomic E-state index is 0.531. The zero-order valence-electron chi connectivity index (χ0n) is 28.4. The topological polar surface area (TPSA) is 61.7 Å². The van der Waals surface area contributed by atoms with Crippen molar-refractivity contribution >= 4 is 60.7 Å². The van der Waals surface area contributed by atoms with E-state index in [1.165, 1.54) is 10.8 Å². The first-order chi connectivity index (χ1) is 25.7. The average Bonchev–Trinajstić information content (AvgIpc) is 3.84. The number of aromatic nitrogens is 5. The van der Waals surface area contributed by atoms with Crippen LogP contribution >= 0.6 is 0 Å². The zero-order valence-corrected chi connectivity index (χ0v) is 28.4. The number of nitrogens with zero attached hydrogens (tertiary/aromatic N) is 5. The minimum absolute atomic E-state index is 0.531. The van der Waals surface area contributed by atoms with Gasteiger partial charge in [0, 0.05) is 43.7 Å². The van der Waals surface area contributed by atoms with Crippen molar-refractivity contribution in [2.75, 3.05) is 0 Å².